The van der Waals surface area contributed by atoms with Crippen molar-refractivity contribution in [3.05, 3.63) is 0 Å². The van der Waals surface area contributed by atoms with Gasteiger partial charge in [-0.3, -0.25) is 0 Å². The molecule has 0 aliphatic heterocycles. The highest BCUT2D eigenvalue weighted by Crippen LogP contribution is 2.14. The molecular weight excluding hydrogens is 142 g/mol. The Morgan fingerprint density at radius 2 is 2.20 bits per heavy atom. The maximum Gasteiger partial charge on any atom is 0.00307 e. The number of thioether (sulfide) groups is 1. The second-order valence-corrected chi connectivity index (χ2v) is 4.16. The standard InChI is InChI=1S/C8H19NS/c1-3-4-7-10-8(2)5-6-9/h8H,3-7,9H2,1-2H3. The van der Waals surface area contributed by atoms with Crippen LogP contribution in [0.4, 0.5) is 0 Å². The van der Waals surface area contributed by atoms with Gasteiger partial charge in [-0.2, -0.15) is 11.8 Å². The van der Waals surface area contributed by atoms with Crippen LogP contribution in [0.25, 0.3) is 0 Å². The van der Waals surface area contributed by atoms with Crippen LogP contribution in [-0.4, -0.2) is 17.5 Å². The van der Waals surface area contributed by atoms with E-state index in [-0.39, 0.29) is 0 Å². The zero-order chi connectivity index (χ0) is 7.82. The van der Waals surface area contributed by atoms with Gasteiger partial charge in [0.15, 0.2) is 0 Å². The van der Waals surface area contributed by atoms with Gasteiger partial charge in [0.1, 0.15) is 0 Å². The number of hydrogen-bond acceptors (Lipinski definition) is 2. The minimum Gasteiger partial charge on any atom is -0.330 e. The Morgan fingerprint density at radius 1 is 1.50 bits per heavy atom. The summed E-state index contributed by atoms with van der Waals surface area (Å²) in [4.78, 5) is 0. The van der Waals surface area contributed by atoms with Gasteiger partial charge in [-0.05, 0) is 25.1 Å². The number of nitrogens with two attached hydrogens (primary N) is 1. The highest BCUT2D eigenvalue weighted by Gasteiger charge is 1.98. The van der Waals surface area contributed by atoms with E-state index in [2.05, 4.69) is 13.8 Å². The van der Waals surface area contributed by atoms with Gasteiger partial charge in [-0.25, -0.2) is 0 Å². The summed E-state index contributed by atoms with van der Waals surface area (Å²) in [6, 6.07) is 0. The van der Waals surface area contributed by atoms with Crippen molar-refractivity contribution >= 4 is 11.8 Å². The SMILES string of the molecule is CCCCSC(C)CCN. The number of rotatable bonds is 6. The first kappa shape index (κ1) is 10.3. The van der Waals surface area contributed by atoms with Crippen molar-refractivity contribution in [2.24, 2.45) is 5.73 Å². The maximum absolute atomic E-state index is 5.42. The maximum atomic E-state index is 5.42. The molecule has 2 heteroatoms. The topological polar surface area (TPSA) is 26.0 Å². The first-order chi connectivity index (χ1) is 4.81. The van der Waals surface area contributed by atoms with E-state index >= 15 is 0 Å². The molecule has 10 heavy (non-hydrogen) atoms. The summed E-state index contributed by atoms with van der Waals surface area (Å²) in [7, 11) is 0. The van der Waals surface area contributed by atoms with Crippen molar-refractivity contribution < 1.29 is 0 Å². The highest BCUT2D eigenvalue weighted by molar-refractivity contribution is 7.99. The quantitative estimate of drug-likeness (QED) is 0.605. The fourth-order valence-electron chi connectivity index (χ4n) is 0.747. The fourth-order valence-corrected chi connectivity index (χ4v) is 1.91. The Balaban J connectivity index is 2.97. The molecule has 0 aliphatic rings. The molecule has 0 rings (SSSR count). The van der Waals surface area contributed by atoms with Gasteiger partial charge in [-0.1, -0.05) is 20.3 Å². The van der Waals surface area contributed by atoms with Crippen molar-refractivity contribution in [3.63, 3.8) is 0 Å². The van der Waals surface area contributed by atoms with Crippen LogP contribution in [-0.2, 0) is 0 Å². The molecule has 0 aromatic rings. The van der Waals surface area contributed by atoms with Gasteiger partial charge < -0.3 is 5.73 Å². The average Bonchev–Trinajstić information content (AvgIpc) is 1.89. The third-order valence-electron chi connectivity index (χ3n) is 1.47. The van der Waals surface area contributed by atoms with E-state index in [4.69, 9.17) is 5.73 Å². The summed E-state index contributed by atoms with van der Waals surface area (Å²) in [5.74, 6) is 1.30. The summed E-state index contributed by atoms with van der Waals surface area (Å²) in [6.07, 6.45) is 3.82. The second kappa shape index (κ2) is 7.42. The molecule has 0 amide bonds. The van der Waals surface area contributed by atoms with Gasteiger partial charge in [0.25, 0.3) is 0 Å². The van der Waals surface area contributed by atoms with Gasteiger partial charge >= 0.3 is 0 Å². The van der Waals surface area contributed by atoms with Crippen LogP contribution < -0.4 is 5.73 Å². The summed E-state index contributed by atoms with van der Waals surface area (Å²) in [6.45, 7) is 5.32. The molecule has 0 bridgehead atoms. The molecule has 62 valence electrons. The third-order valence-corrected chi connectivity index (χ3v) is 2.80. The summed E-state index contributed by atoms with van der Waals surface area (Å²) >= 11 is 2.05. The normalized spacial score (nSPS) is 13.5. The van der Waals surface area contributed by atoms with E-state index in [0.717, 1.165) is 18.2 Å². The van der Waals surface area contributed by atoms with Crippen molar-refractivity contribution in [3.8, 4) is 0 Å². The first-order valence-electron chi connectivity index (χ1n) is 4.13. The molecule has 0 aliphatic carbocycles. The van der Waals surface area contributed by atoms with E-state index < -0.39 is 0 Å². The van der Waals surface area contributed by atoms with Crippen LogP contribution in [0.15, 0.2) is 0 Å². The molecule has 1 nitrogen and oxygen atoms in total. The Morgan fingerprint density at radius 3 is 2.70 bits per heavy atom. The molecule has 0 saturated carbocycles. The predicted octanol–water partition coefficient (Wildman–Crippen LogP) is 2.26. The zero-order valence-corrected chi connectivity index (χ0v) is 7.91. The van der Waals surface area contributed by atoms with Crippen LogP contribution in [0, 0.1) is 0 Å². The monoisotopic (exact) mass is 161 g/mol. The van der Waals surface area contributed by atoms with Gasteiger partial charge in [0.05, 0.1) is 0 Å². The van der Waals surface area contributed by atoms with Gasteiger partial charge in [0, 0.05) is 5.25 Å². The lowest BCUT2D eigenvalue weighted by molar-refractivity contribution is 0.817. The Kier molecular flexibility index (Phi) is 7.65. The molecule has 0 radical (unpaired) electrons. The van der Waals surface area contributed by atoms with Crippen molar-refractivity contribution in [1.29, 1.82) is 0 Å². The van der Waals surface area contributed by atoms with E-state index in [1.165, 1.54) is 18.6 Å². The Bertz CT molecular complexity index is 66.3. The molecule has 0 fully saturated rings. The smallest absolute Gasteiger partial charge is 0.00307 e. The molecule has 0 spiro atoms. The van der Waals surface area contributed by atoms with E-state index in [0.29, 0.717) is 0 Å². The summed E-state index contributed by atoms with van der Waals surface area (Å²) in [5, 5.41) is 0.761. The minimum atomic E-state index is 0.761. The van der Waals surface area contributed by atoms with E-state index in [9.17, 15) is 0 Å². The lowest BCUT2D eigenvalue weighted by Gasteiger charge is -2.07. The number of hydrogen-bond donors (Lipinski definition) is 1. The molecule has 0 saturated heterocycles. The molecule has 1 unspecified atom stereocenters. The molecule has 0 aromatic heterocycles. The Hall–Kier alpha value is 0.310. The fraction of sp³-hybridized carbons (Fsp3) is 1.00. The zero-order valence-electron chi connectivity index (χ0n) is 7.10. The van der Waals surface area contributed by atoms with Crippen LogP contribution in [0.5, 0.6) is 0 Å². The summed E-state index contributed by atoms with van der Waals surface area (Å²) in [5.41, 5.74) is 5.42. The Labute approximate surface area is 68.8 Å². The van der Waals surface area contributed by atoms with Gasteiger partial charge in [0.2, 0.25) is 0 Å². The van der Waals surface area contributed by atoms with Crippen molar-refractivity contribution in [2.75, 3.05) is 12.3 Å². The minimum absolute atomic E-state index is 0.761. The highest BCUT2D eigenvalue weighted by atomic mass is 32.2. The van der Waals surface area contributed by atoms with Crippen LogP contribution in [0.2, 0.25) is 0 Å². The van der Waals surface area contributed by atoms with Crippen LogP contribution >= 0.6 is 11.8 Å². The van der Waals surface area contributed by atoms with Crippen molar-refractivity contribution in [2.45, 2.75) is 38.4 Å². The lowest BCUT2D eigenvalue weighted by Crippen LogP contribution is -2.07. The molecule has 0 aromatic carbocycles. The lowest BCUT2D eigenvalue weighted by atomic mass is 10.3. The largest absolute Gasteiger partial charge is 0.330 e. The predicted molar refractivity (Wildman–Crippen MR) is 50.5 cm³/mol. The molecule has 2 N–H and O–H groups in total. The van der Waals surface area contributed by atoms with E-state index in [1.807, 2.05) is 11.8 Å². The van der Waals surface area contributed by atoms with Crippen LogP contribution in [0.1, 0.15) is 33.1 Å². The number of unbranched alkanes of at least 4 members (excludes halogenated alkanes) is 1. The van der Waals surface area contributed by atoms with Gasteiger partial charge in [-0.15, -0.1) is 0 Å². The molecule has 1 atom stereocenters. The molecular formula is C8H19NS. The second-order valence-electron chi connectivity index (χ2n) is 2.61. The van der Waals surface area contributed by atoms with Crippen molar-refractivity contribution in [1.82, 2.24) is 0 Å². The molecule has 0 heterocycles. The van der Waals surface area contributed by atoms with Crippen LogP contribution in [0.3, 0.4) is 0 Å². The summed E-state index contributed by atoms with van der Waals surface area (Å²) < 4.78 is 0. The van der Waals surface area contributed by atoms with E-state index in [1.54, 1.807) is 0 Å². The average molecular weight is 161 g/mol. The third kappa shape index (κ3) is 6.43. The first-order valence-corrected chi connectivity index (χ1v) is 5.17.